The van der Waals surface area contributed by atoms with Crippen molar-refractivity contribution >= 4 is 0 Å². The molecule has 0 spiro atoms. The molecule has 0 saturated carbocycles. The summed E-state index contributed by atoms with van der Waals surface area (Å²) in [5.74, 6) is 1.90. The van der Waals surface area contributed by atoms with Crippen molar-refractivity contribution in [1.29, 1.82) is 0 Å². The molecule has 4 heteroatoms. The number of rotatable bonds is 6. The molecule has 4 nitrogen and oxygen atoms in total. The molecule has 0 unspecified atom stereocenters. The van der Waals surface area contributed by atoms with Crippen LogP contribution in [0.4, 0.5) is 0 Å². The van der Waals surface area contributed by atoms with Gasteiger partial charge in [-0.2, -0.15) is 0 Å². The Morgan fingerprint density at radius 1 is 0.957 bits per heavy atom. The van der Waals surface area contributed by atoms with Crippen molar-refractivity contribution in [2.24, 2.45) is 0 Å². The van der Waals surface area contributed by atoms with Crippen LogP contribution in [0.25, 0.3) is 11.3 Å². The van der Waals surface area contributed by atoms with E-state index in [1.807, 2.05) is 19.1 Å². The molecule has 0 amide bonds. The van der Waals surface area contributed by atoms with Gasteiger partial charge in [0.05, 0.1) is 6.61 Å². The summed E-state index contributed by atoms with van der Waals surface area (Å²) in [7, 11) is 1.77. The molecule has 0 N–H and O–H groups in total. The van der Waals surface area contributed by atoms with Crippen LogP contribution in [0.2, 0.25) is 0 Å². The third-order valence-electron chi connectivity index (χ3n) is 4.46. The van der Waals surface area contributed by atoms with Gasteiger partial charge in [-0.1, -0.05) is 24.3 Å². The molecule has 1 aliphatic heterocycles. The maximum Gasteiger partial charge on any atom is 0.134 e. The number of furan rings is 1. The number of aryl methyl sites for hydroxylation is 1. The minimum Gasteiger partial charge on any atom is -0.461 e. The topological polar surface area (TPSA) is 28.9 Å². The monoisotopic (exact) mass is 314 g/mol. The van der Waals surface area contributed by atoms with Gasteiger partial charge < -0.3 is 9.15 Å². The maximum absolute atomic E-state index is 5.68. The average Bonchev–Trinajstić information content (AvgIpc) is 3.01. The van der Waals surface area contributed by atoms with Gasteiger partial charge >= 0.3 is 0 Å². The second kappa shape index (κ2) is 7.77. The molecule has 1 aromatic carbocycles. The van der Waals surface area contributed by atoms with Crippen LogP contribution >= 0.6 is 0 Å². The lowest BCUT2D eigenvalue weighted by Crippen LogP contribution is -2.46. The summed E-state index contributed by atoms with van der Waals surface area (Å²) in [5, 5.41) is 0. The second-order valence-corrected chi connectivity index (χ2v) is 6.22. The van der Waals surface area contributed by atoms with Crippen molar-refractivity contribution in [3.05, 3.63) is 47.7 Å². The van der Waals surface area contributed by atoms with E-state index in [9.17, 15) is 0 Å². The standard InChI is InChI=1S/C19H26N2O2/c1-16-3-8-19(23-16)18-6-4-17(5-7-18)15-21-11-9-20(10-12-21)13-14-22-2/h3-8H,9-15H2,1-2H3. The molecule has 1 fully saturated rings. The number of ether oxygens (including phenoxy) is 1. The summed E-state index contributed by atoms with van der Waals surface area (Å²) in [4.78, 5) is 5.00. The molecule has 1 saturated heterocycles. The van der Waals surface area contributed by atoms with Crippen LogP contribution in [0.15, 0.2) is 40.8 Å². The van der Waals surface area contributed by atoms with Crippen LogP contribution in [0.5, 0.6) is 0 Å². The largest absolute Gasteiger partial charge is 0.461 e. The first-order valence-electron chi connectivity index (χ1n) is 8.34. The van der Waals surface area contributed by atoms with E-state index < -0.39 is 0 Å². The summed E-state index contributed by atoms with van der Waals surface area (Å²) in [5.41, 5.74) is 2.51. The lowest BCUT2D eigenvalue weighted by molar-refractivity contribution is 0.0938. The van der Waals surface area contributed by atoms with Gasteiger partial charge in [-0.05, 0) is 24.6 Å². The maximum atomic E-state index is 5.68. The SMILES string of the molecule is COCCN1CCN(Cc2ccc(-c3ccc(C)o3)cc2)CC1. The van der Waals surface area contributed by atoms with Gasteiger partial charge in [0.2, 0.25) is 0 Å². The van der Waals surface area contributed by atoms with Crippen LogP contribution in [-0.2, 0) is 11.3 Å². The molecular weight excluding hydrogens is 288 g/mol. The molecule has 1 aliphatic rings. The summed E-state index contributed by atoms with van der Waals surface area (Å²) < 4.78 is 10.8. The molecule has 23 heavy (non-hydrogen) atoms. The minimum absolute atomic E-state index is 0.827. The molecular formula is C19H26N2O2. The normalized spacial score (nSPS) is 16.8. The zero-order valence-electron chi connectivity index (χ0n) is 14.1. The van der Waals surface area contributed by atoms with E-state index in [1.165, 1.54) is 5.56 Å². The highest BCUT2D eigenvalue weighted by Gasteiger charge is 2.16. The third-order valence-corrected chi connectivity index (χ3v) is 4.46. The van der Waals surface area contributed by atoms with Crippen LogP contribution in [0.1, 0.15) is 11.3 Å². The molecule has 2 aromatic rings. The fraction of sp³-hybridized carbons (Fsp3) is 0.474. The fourth-order valence-electron chi connectivity index (χ4n) is 3.01. The highest BCUT2D eigenvalue weighted by atomic mass is 16.5. The van der Waals surface area contributed by atoms with Crippen molar-refractivity contribution < 1.29 is 9.15 Å². The Labute approximate surface area is 138 Å². The Hall–Kier alpha value is -1.62. The highest BCUT2D eigenvalue weighted by Crippen LogP contribution is 2.22. The van der Waals surface area contributed by atoms with Gasteiger partial charge in [-0.15, -0.1) is 0 Å². The summed E-state index contributed by atoms with van der Waals surface area (Å²) in [6, 6.07) is 12.8. The van der Waals surface area contributed by atoms with Crippen LogP contribution in [-0.4, -0.2) is 56.2 Å². The van der Waals surface area contributed by atoms with Crippen molar-refractivity contribution in [3.8, 4) is 11.3 Å². The van der Waals surface area contributed by atoms with Gasteiger partial charge in [0.25, 0.3) is 0 Å². The van der Waals surface area contributed by atoms with E-state index >= 15 is 0 Å². The van der Waals surface area contributed by atoms with E-state index in [4.69, 9.17) is 9.15 Å². The second-order valence-electron chi connectivity index (χ2n) is 6.22. The van der Waals surface area contributed by atoms with Gasteiger partial charge in [0.1, 0.15) is 11.5 Å². The first-order chi connectivity index (χ1) is 11.2. The lowest BCUT2D eigenvalue weighted by atomic mass is 10.1. The van der Waals surface area contributed by atoms with Crippen LogP contribution in [0, 0.1) is 6.92 Å². The smallest absolute Gasteiger partial charge is 0.134 e. The van der Waals surface area contributed by atoms with Crippen molar-refractivity contribution in [3.63, 3.8) is 0 Å². The average molecular weight is 314 g/mol. The molecule has 0 bridgehead atoms. The molecule has 1 aromatic heterocycles. The van der Waals surface area contributed by atoms with E-state index in [2.05, 4.69) is 34.1 Å². The number of methoxy groups -OCH3 is 1. The predicted molar refractivity (Wildman–Crippen MR) is 92.5 cm³/mol. The van der Waals surface area contributed by atoms with Crippen molar-refractivity contribution in [2.45, 2.75) is 13.5 Å². The first-order valence-corrected chi connectivity index (χ1v) is 8.34. The Morgan fingerprint density at radius 2 is 1.65 bits per heavy atom. The lowest BCUT2D eigenvalue weighted by Gasteiger charge is -2.34. The first kappa shape index (κ1) is 16.2. The summed E-state index contributed by atoms with van der Waals surface area (Å²) in [6.07, 6.45) is 0. The molecule has 2 heterocycles. The molecule has 0 radical (unpaired) electrons. The predicted octanol–water partition coefficient (Wildman–Crippen LogP) is 3.02. The van der Waals surface area contributed by atoms with E-state index in [0.717, 1.165) is 63.0 Å². The minimum atomic E-state index is 0.827. The van der Waals surface area contributed by atoms with E-state index in [-0.39, 0.29) is 0 Å². The molecule has 0 atom stereocenters. The zero-order chi connectivity index (χ0) is 16.1. The summed E-state index contributed by atoms with van der Waals surface area (Å²) in [6.45, 7) is 9.39. The fourth-order valence-corrected chi connectivity index (χ4v) is 3.01. The Kier molecular flexibility index (Phi) is 5.49. The Balaban J connectivity index is 1.51. The van der Waals surface area contributed by atoms with Crippen LogP contribution < -0.4 is 0 Å². The van der Waals surface area contributed by atoms with Crippen LogP contribution in [0.3, 0.4) is 0 Å². The van der Waals surface area contributed by atoms with Gasteiger partial charge in [-0.3, -0.25) is 9.80 Å². The Bertz CT molecular complexity index is 598. The van der Waals surface area contributed by atoms with Gasteiger partial charge in [0, 0.05) is 51.9 Å². The molecule has 0 aliphatic carbocycles. The van der Waals surface area contributed by atoms with E-state index in [0.29, 0.717) is 0 Å². The molecule has 124 valence electrons. The number of hydrogen-bond donors (Lipinski definition) is 0. The Morgan fingerprint density at radius 3 is 2.26 bits per heavy atom. The zero-order valence-corrected chi connectivity index (χ0v) is 14.1. The van der Waals surface area contributed by atoms with E-state index in [1.54, 1.807) is 7.11 Å². The number of hydrogen-bond acceptors (Lipinski definition) is 4. The quantitative estimate of drug-likeness (QED) is 0.819. The number of piperazine rings is 1. The van der Waals surface area contributed by atoms with Gasteiger partial charge in [0.15, 0.2) is 0 Å². The van der Waals surface area contributed by atoms with Crippen molar-refractivity contribution in [1.82, 2.24) is 9.80 Å². The number of nitrogens with zero attached hydrogens (tertiary/aromatic N) is 2. The molecule has 3 rings (SSSR count). The van der Waals surface area contributed by atoms with Gasteiger partial charge in [-0.25, -0.2) is 0 Å². The number of benzene rings is 1. The van der Waals surface area contributed by atoms with Crippen molar-refractivity contribution in [2.75, 3.05) is 46.4 Å². The highest BCUT2D eigenvalue weighted by molar-refractivity contribution is 5.57. The third kappa shape index (κ3) is 4.44. The summed E-state index contributed by atoms with van der Waals surface area (Å²) >= 11 is 0.